The number of benzene rings is 1. The number of aromatic nitrogens is 1. The summed E-state index contributed by atoms with van der Waals surface area (Å²) in [4.78, 5) is 18.9. The Morgan fingerprint density at radius 3 is 2.70 bits per heavy atom. The summed E-state index contributed by atoms with van der Waals surface area (Å²) in [6.07, 6.45) is 6.40. The van der Waals surface area contributed by atoms with Crippen LogP contribution in [0.2, 0.25) is 0 Å². The maximum Gasteiger partial charge on any atom is 0.255 e. The number of aryl methyl sites for hydroxylation is 1. The van der Waals surface area contributed by atoms with Gasteiger partial charge < -0.3 is 14.4 Å². The Morgan fingerprint density at radius 1 is 1.23 bits per heavy atom. The van der Waals surface area contributed by atoms with Gasteiger partial charge >= 0.3 is 0 Å². The van der Waals surface area contributed by atoms with E-state index in [1.54, 1.807) is 18.3 Å². The molecule has 0 N–H and O–H groups in total. The molecule has 160 valence electrons. The fraction of sp³-hybridized carbons (Fsp3) is 0.500. The molecular weight excluding hydrogens is 383 g/mol. The Bertz CT molecular complexity index is 846. The van der Waals surface area contributed by atoms with E-state index in [2.05, 4.69) is 4.98 Å². The molecule has 1 atom stereocenters. The third-order valence-electron chi connectivity index (χ3n) is 6.32. The van der Waals surface area contributed by atoms with Crippen molar-refractivity contribution in [3.8, 4) is 5.75 Å². The monoisotopic (exact) mass is 412 g/mol. The number of piperidine rings is 1. The molecule has 1 spiro atoms. The highest BCUT2D eigenvalue weighted by Gasteiger charge is 2.41. The predicted octanol–water partition coefficient (Wildman–Crippen LogP) is 4.40. The molecule has 0 radical (unpaired) electrons. The number of amides is 1. The van der Waals surface area contributed by atoms with E-state index in [0.29, 0.717) is 36.9 Å². The molecule has 2 aliphatic rings. The Labute approximate surface area is 177 Å². The number of hydrogen-bond donors (Lipinski definition) is 0. The van der Waals surface area contributed by atoms with Crippen molar-refractivity contribution in [2.75, 3.05) is 26.3 Å². The van der Waals surface area contributed by atoms with Crippen LogP contribution in [-0.4, -0.2) is 47.7 Å². The Balaban J connectivity index is 1.26. The van der Waals surface area contributed by atoms with Crippen LogP contribution >= 0.6 is 0 Å². The zero-order valence-electron chi connectivity index (χ0n) is 17.5. The van der Waals surface area contributed by atoms with Gasteiger partial charge in [0.1, 0.15) is 11.6 Å². The van der Waals surface area contributed by atoms with Crippen LogP contribution in [0.25, 0.3) is 0 Å². The SMILES string of the molecule is Cc1ccc(C(=O)N2CCC3(CC2)CC(CCOc2ccc(F)cc2)CCO3)cn1. The average molecular weight is 413 g/mol. The molecule has 1 aromatic heterocycles. The molecule has 30 heavy (non-hydrogen) atoms. The molecule has 4 rings (SSSR count). The van der Waals surface area contributed by atoms with E-state index in [-0.39, 0.29) is 17.3 Å². The first-order chi connectivity index (χ1) is 14.5. The van der Waals surface area contributed by atoms with Crippen molar-refractivity contribution in [2.24, 2.45) is 5.92 Å². The molecule has 3 heterocycles. The highest BCUT2D eigenvalue weighted by atomic mass is 19.1. The van der Waals surface area contributed by atoms with E-state index in [0.717, 1.165) is 44.4 Å². The summed E-state index contributed by atoms with van der Waals surface area (Å²) in [6, 6.07) is 9.89. The summed E-state index contributed by atoms with van der Waals surface area (Å²) >= 11 is 0. The van der Waals surface area contributed by atoms with E-state index in [9.17, 15) is 9.18 Å². The summed E-state index contributed by atoms with van der Waals surface area (Å²) in [5.41, 5.74) is 1.44. The zero-order chi connectivity index (χ0) is 21.0. The fourth-order valence-corrected chi connectivity index (χ4v) is 4.49. The van der Waals surface area contributed by atoms with Gasteiger partial charge in [0.15, 0.2) is 0 Å². The second-order valence-electron chi connectivity index (χ2n) is 8.46. The molecular formula is C24H29FN2O3. The highest BCUT2D eigenvalue weighted by Crippen LogP contribution is 2.39. The Kier molecular flexibility index (Phi) is 6.32. The van der Waals surface area contributed by atoms with E-state index in [4.69, 9.17) is 9.47 Å². The maximum absolute atomic E-state index is 13.0. The number of likely N-dealkylation sites (tertiary alicyclic amines) is 1. The van der Waals surface area contributed by atoms with Gasteiger partial charge in [0, 0.05) is 31.6 Å². The lowest BCUT2D eigenvalue weighted by Crippen LogP contribution is -2.50. The first-order valence-electron chi connectivity index (χ1n) is 10.8. The van der Waals surface area contributed by atoms with Crippen molar-refractivity contribution in [3.63, 3.8) is 0 Å². The molecule has 1 unspecified atom stereocenters. The lowest BCUT2D eigenvalue weighted by molar-refractivity contribution is -0.125. The van der Waals surface area contributed by atoms with Crippen molar-refractivity contribution < 1.29 is 18.7 Å². The summed E-state index contributed by atoms with van der Waals surface area (Å²) < 4.78 is 25.0. The minimum Gasteiger partial charge on any atom is -0.494 e. The molecule has 0 saturated carbocycles. The lowest BCUT2D eigenvalue weighted by atomic mass is 9.78. The van der Waals surface area contributed by atoms with E-state index < -0.39 is 0 Å². The molecule has 6 heteroatoms. The van der Waals surface area contributed by atoms with Gasteiger partial charge in [-0.25, -0.2) is 4.39 Å². The van der Waals surface area contributed by atoms with Crippen LogP contribution in [-0.2, 0) is 4.74 Å². The third-order valence-corrected chi connectivity index (χ3v) is 6.32. The zero-order valence-corrected chi connectivity index (χ0v) is 17.5. The van der Waals surface area contributed by atoms with Gasteiger partial charge in [-0.15, -0.1) is 0 Å². The number of pyridine rings is 1. The molecule has 1 aromatic carbocycles. The number of ether oxygens (including phenoxy) is 2. The number of halogens is 1. The van der Waals surface area contributed by atoms with Crippen molar-refractivity contribution >= 4 is 5.91 Å². The molecule has 0 bridgehead atoms. The van der Waals surface area contributed by atoms with Crippen LogP contribution in [0.3, 0.4) is 0 Å². The van der Waals surface area contributed by atoms with E-state index in [1.165, 1.54) is 12.1 Å². The highest BCUT2D eigenvalue weighted by molar-refractivity contribution is 5.94. The fourth-order valence-electron chi connectivity index (χ4n) is 4.49. The van der Waals surface area contributed by atoms with Crippen LogP contribution in [0.5, 0.6) is 5.75 Å². The lowest BCUT2D eigenvalue weighted by Gasteiger charge is -2.46. The Morgan fingerprint density at radius 2 is 2.00 bits per heavy atom. The van der Waals surface area contributed by atoms with Gasteiger partial charge in [-0.3, -0.25) is 9.78 Å². The normalized spacial score (nSPS) is 20.9. The molecule has 2 fully saturated rings. The second-order valence-corrected chi connectivity index (χ2v) is 8.46. The van der Waals surface area contributed by atoms with Crippen molar-refractivity contribution in [1.29, 1.82) is 0 Å². The van der Waals surface area contributed by atoms with Gasteiger partial charge in [0.05, 0.1) is 17.8 Å². The van der Waals surface area contributed by atoms with Crippen LogP contribution < -0.4 is 4.74 Å². The van der Waals surface area contributed by atoms with Gasteiger partial charge in [0.25, 0.3) is 5.91 Å². The Hall–Kier alpha value is -2.47. The molecule has 5 nitrogen and oxygen atoms in total. The summed E-state index contributed by atoms with van der Waals surface area (Å²) in [7, 11) is 0. The van der Waals surface area contributed by atoms with Crippen LogP contribution in [0.1, 0.15) is 48.2 Å². The topological polar surface area (TPSA) is 51.7 Å². The molecule has 2 aromatic rings. The van der Waals surface area contributed by atoms with E-state index in [1.807, 2.05) is 24.0 Å². The summed E-state index contributed by atoms with van der Waals surface area (Å²) in [5.74, 6) is 1.05. The third kappa shape index (κ3) is 4.98. The molecule has 2 aliphatic heterocycles. The van der Waals surface area contributed by atoms with Gasteiger partial charge in [-0.05, 0) is 81.3 Å². The summed E-state index contributed by atoms with van der Waals surface area (Å²) in [6.45, 7) is 4.73. The number of carbonyl (C=O) groups excluding carboxylic acids is 1. The van der Waals surface area contributed by atoms with Crippen molar-refractivity contribution in [1.82, 2.24) is 9.88 Å². The second kappa shape index (κ2) is 9.13. The largest absolute Gasteiger partial charge is 0.494 e. The van der Waals surface area contributed by atoms with Crippen molar-refractivity contribution in [2.45, 2.75) is 44.6 Å². The maximum atomic E-state index is 13.0. The number of hydrogen-bond acceptors (Lipinski definition) is 4. The standard InChI is InChI=1S/C24H29FN2O3/c1-18-2-3-20(17-26-18)23(28)27-12-10-24(11-13-27)16-19(9-15-30-24)8-14-29-22-6-4-21(25)5-7-22/h2-7,17,19H,8-16H2,1H3. The van der Waals surface area contributed by atoms with Crippen molar-refractivity contribution in [3.05, 3.63) is 59.7 Å². The van der Waals surface area contributed by atoms with Crippen LogP contribution in [0.15, 0.2) is 42.6 Å². The first-order valence-corrected chi connectivity index (χ1v) is 10.8. The van der Waals surface area contributed by atoms with Gasteiger partial charge in [-0.1, -0.05) is 0 Å². The number of nitrogens with zero attached hydrogens (tertiary/aromatic N) is 2. The smallest absolute Gasteiger partial charge is 0.255 e. The van der Waals surface area contributed by atoms with Gasteiger partial charge in [-0.2, -0.15) is 0 Å². The minimum absolute atomic E-state index is 0.0532. The molecule has 0 aliphatic carbocycles. The summed E-state index contributed by atoms with van der Waals surface area (Å²) in [5, 5.41) is 0. The molecule has 2 saturated heterocycles. The minimum atomic E-state index is -0.253. The number of rotatable bonds is 5. The van der Waals surface area contributed by atoms with E-state index >= 15 is 0 Å². The van der Waals surface area contributed by atoms with Crippen LogP contribution in [0, 0.1) is 18.7 Å². The van der Waals surface area contributed by atoms with Crippen LogP contribution in [0.4, 0.5) is 4.39 Å². The first kappa shape index (κ1) is 20.8. The quantitative estimate of drug-likeness (QED) is 0.730. The predicted molar refractivity (Wildman–Crippen MR) is 112 cm³/mol. The number of carbonyl (C=O) groups is 1. The molecule has 1 amide bonds. The van der Waals surface area contributed by atoms with Gasteiger partial charge in [0.2, 0.25) is 0 Å². The average Bonchev–Trinajstić information content (AvgIpc) is 2.76.